The van der Waals surface area contributed by atoms with Crippen LogP contribution in [-0.2, 0) is 19.1 Å². The Morgan fingerprint density at radius 2 is 1.96 bits per heavy atom. The summed E-state index contributed by atoms with van der Waals surface area (Å²) in [4.78, 5) is 38.7. The topological polar surface area (TPSA) is 126 Å². The molecular weight excluding hydrogens is 360 g/mol. The number of rotatable bonds is 8. The standard InChI is InChI=1S/C20H28N4O4/c1-3-28-17(25)12-13(2)23-20(27)18(26)16-6-4-5-11-24(16)15-9-7-14(8-10-15)19(21)22/h7-10,13,16H,3-6,11-12H2,1-2H3,(H3,21,22)(H,23,27)/t13-,16?/m0/s1. The number of carbonyl (C=O) groups is 3. The van der Waals surface area contributed by atoms with Gasteiger partial charge in [0.2, 0.25) is 5.78 Å². The Morgan fingerprint density at radius 1 is 1.29 bits per heavy atom. The lowest BCUT2D eigenvalue weighted by atomic mass is 9.96. The molecule has 152 valence electrons. The van der Waals surface area contributed by atoms with Crippen LogP contribution in [0.25, 0.3) is 0 Å². The van der Waals surface area contributed by atoms with Gasteiger partial charge in [0, 0.05) is 23.8 Å². The number of amidine groups is 1. The molecule has 1 amide bonds. The van der Waals surface area contributed by atoms with Gasteiger partial charge in [-0.3, -0.25) is 19.8 Å². The number of nitrogen functional groups attached to an aromatic ring is 1. The van der Waals surface area contributed by atoms with Crippen LogP contribution in [0.4, 0.5) is 5.69 Å². The summed E-state index contributed by atoms with van der Waals surface area (Å²) in [6.07, 6.45) is 2.41. The zero-order valence-electron chi connectivity index (χ0n) is 16.4. The van der Waals surface area contributed by atoms with E-state index in [0.29, 0.717) is 18.5 Å². The molecule has 1 heterocycles. The van der Waals surface area contributed by atoms with Crippen LogP contribution in [0.15, 0.2) is 24.3 Å². The maximum Gasteiger partial charge on any atom is 0.307 e. The van der Waals surface area contributed by atoms with Gasteiger partial charge in [0.15, 0.2) is 0 Å². The second-order valence-electron chi connectivity index (χ2n) is 6.91. The quantitative estimate of drug-likeness (QED) is 0.267. The molecule has 0 spiro atoms. The zero-order valence-corrected chi connectivity index (χ0v) is 16.4. The molecule has 1 aromatic rings. The fourth-order valence-corrected chi connectivity index (χ4v) is 3.31. The van der Waals surface area contributed by atoms with Gasteiger partial charge >= 0.3 is 5.97 Å². The second kappa shape index (κ2) is 9.87. The Labute approximate surface area is 164 Å². The number of piperidine rings is 1. The minimum Gasteiger partial charge on any atom is -0.466 e. The van der Waals surface area contributed by atoms with Crippen LogP contribution < -0.4 is 16.0 Å². The molecule has 1 aliphatic rings. The molecule has 28 heavy (non-hydrogen) atoms. The second-order valence-corrected chi connectivity index (χ2v) is 6.91. The fraction of sp³-hybridized carbons (Fsp3) is 0.500. The highest BCUT2D eigenvalue weighted by atomic mass is 16.5. The molecule has 0 saturated carbocycles. The van der Waals surface area contributed by atoms with Gasteiger partial charge in [0.1, 0.15) is 5.84 Å². The molecule has 2 rings (SSSR count). The van der Waals surface area contributed by atoms with Gasteiger partial charge < -0.3 is 20.7 Å². The lowest BCUT2D eigenvalue weighted by Crippen LogP contribution is -2.51. The number of amides is 1. The number of hydrogen-bond donors (Lipinski definition) is 3. The van der Waals surface area contributed by atoms with Crippen molar-refractivity contribution in [2.24, 2.45) is 5.73 Å². The minimum absolute atomic E-state index is 0.0206. The fourth-order valence-electron chi connectivity index (χ4n) is 3.31. The van der Waals surface area contributed by atoms with Gasteiger partial charge in [0.05, 0.1) is 19.1 Å². The summed E-state index contributed by atoms with van der Waals surface area (Å²) < 4.78 is 4.86. The number of carbonyl (C=O) groups excluding carboxylic acids is 3. The number of nitrogens with two attached hydrogens (primary N) is 1. The summed E-state index contributed by atoms with van der Waals surface area (Å²) in [5.41, 5.74) is 6.91. The third-order valence-electron chi connectivity index (χ3n) is 4.69. The Kier molecular flexibility index (Phi) is 7.54. The van der Waals surface area contributed by atoms with Gasteiger partial charge in [-0.25, -0.2) is 0 Å². The number of nitrogens with one attached hydrogen (secondary N) is 2. The van der Waals surface area contributed by atoms with Crippen LogP contribution >= 0.6 is 0 Å². The first-order chi connectivity index (χ1) is 13.3. The van der Waals surface area contributed by atoms with Crippen molar-refractivity contribution in [3.8, 4) is 0 Å². The number of nitrogens with zero attached hydrogens (tertiary/aromatic N) is 1. The van der Waals surface area contributed by atoms with E-state index < -0.39 is 29.7 Å². The van der Waals surface area contributed by atoms with Crippen LogP contribution in [-0.4, -0.2) is 48.7 Å². The first kappa shape index (κ1) is 21.4. The van der Waals surface area contributed by atoms with Crippen LogP contribution in [0.1, 0.15) is 45.1 Å². The monoisotopic (exact) mass is 388 g/mol. The normalized spacial score (nSPS) is 17.5. The Hall–Kier alpha value is -2.90. The van der Waals surface area contributed by atoms with Gasteiger partial charge in [-0.1, -0.05) is 0 Å². The smallest absolute Gasteiger partial charge is 0.307 e. The molecular formula is C20H28N4O4. The van der Waals surface area contributed by atoms with E-state index >= 15 is 0 Å². The minimum atomic E-state index is -0.686. The average Bonchev–Trinajstić information content (AvgIpc) is 2.67. The number of ketones is 1. The van der Waals surface area contributed by atoms with E-state index in [2.05, 4.69) is 5.32 Å². The highest BCUT2D eigenvalue weighted by Gasteiger charge is 2.33. The van der Waals surface area contributed by atoms with Crippen LogP contribution in [0.2, 0.25) is 0 Å². The predicted molar refractivity (Wildman–Crippen MR) is 106 cm³/mol. The molecule has 2 atom stereocenters. The van der Waals surface area contributed by atoms with Crippen molar-refractivity contribution in [3.05, 3.63) is 29.8 Å². The van der Waals surface area contributed by atoms with Gasteiger partial charge in [-0.2, -0.15) is 0 Å². The van der Waals surface area contributed by atoms with Gasteiger partial charge in [0.25, 0.3) is 5.91 Å². The molecule has 1 saturated heterocycles. The molecule has 8 heteroatoms. The van der Waals surface area contributed by atoms with E-state index in [1.54, 1.807) is 26.0 Å². The number of benzene rings is 1. The molecule has 0 aromatic heterocycles. The van der Waals surface area contributed by atoms with E-state index in [9.17, 15) is 14.4 Å². The summed E-state index contributed by atoms with van der Waals surface area (Å²) in [6.45, 7) is 4.33. The molecule has 0 bridgehead atoms. The molecule has 1 unspecified atom stereocenters. The van der Waals surface area contributed by atoms with Crippen molar-refractivity contribution in [1.82, 2.24) is 5.32 Å². The molecule has 0 aliphatic carbocycles. The summed E-state index contributed by atoms with van der Waals surface area (Å²) in [6, 6.07) is 6.05. The van der Waals surface area contributed by atoms with Crippen LogP contribution in [0, 0.1) is 5.41 Å². The Morgan fingerprint density at radius 3 is 2.57 bits per heavy atom. The maximum absolute atomic E-state index is 12.8. The summed E-state index contributed by atoms with van der Waals surface area (Å²) >= 11 is 0. The Bertz CT molecular complexity index is 732. The lowest BCUT2D eigenvalue weighted by Gasteiger charge is -2.36. The molecule has 8 nitrogen and oxygen atoms in total. The molecule has 0 radical (unpaired) electrons. The number of anilines is 1. The van der Waals surface area contributed by atoms with Crippen molar-refractivity contribution in [2.75, 3.05) is 18.1 Å². The van der Waals surface area contributed by atoms with Gasteiger partial charge in [-0.05, 0) is 57.4 Å². The number of Topliss-reactive ketones (excluding diaryl/α,β-unsaturated/α-hetero) is 1. The molecule has 1 fully saturated rings. The van der Waals surface area contributed by atoms with E-state index in [1.165, 1.54) is 0 Å². The first-order valence-corrected chi connectivity index (χ1v) is 9.55. The van der Waals surface area contributed by atoms with Crippen molar-refractivity contribution in [1.29, 1.82) is 5.41 Å². The van der Waals surface area contributed by atoms with Crippen LogP contribution in [0.5, 0.6) is 0 Å². The van der Waals surface area contributed by atoms with Gasteiger partial charge in [-0.15, -0.1) is 0 Å². The third kappa shape index (κ3) is 5.55. The van der Waals surface area contributed by atoms with E-state index in [-0.39, 0.29) is 18.9 Å². The predicted octanol–water partition coefficient (Wildman–Crippen LogP) is 1.36. The van der Waals surface area contributed by atoms with E-state index in [4.69, 9.17) is 15.9 Å². The van der Waals surface area contributed by atoms with Crippen molar-refractivity contribution in [2.45, 2.75) is 51.6 Å². The first-order valence-electron chi connectivity index (χ1n) is 9.55. The number of ether oxygens (including phenoxy) is 1. The largest absolute Gasteiger partial charge is 0.466 e. The highest BCUT2D eigenvalue weighted by Crippen LogP contribution is 2.25. The summed E-state index contributed by atoms with van der Waals surface area (Å²) in [5, 5.41) is 10.1. The SMILES string of the molecule is CCOC(=O)C[C@H](C)NC(=O)C(=O)C1CCCCN1c1ccc(C(=N)N)cc1. The molecule has 4 N–H and O–H groups in total. The third-order valence-corrected chi connectivity index (χ3v) is 4.69. The van der Waals surface area contributed by atoms with Crippen LogP contribution in [0.3, 0.4) is 0 Å². The lowest BCUT2D eigenvalue weighted by molar-refractivity contribution is -0.144. The average molecular weight is 388 g/mol. The number of hydrogen-bond acceptors (Lipinski definition) is 6. The maximum atomic E-state index is 12.8. The van der Waals surface area contributed by atoms with Crippen molar-refractivity contribution < 1.29 is 19.1 Å². The number of esters is 1. The van der Waals surface area contributed by atoms with E-state index in [1.807, 2.05) is 17.0 Å². The summed E-state index contributed by atoms with van der Waals surface area (Å²) in [5.74, 6) is -1.62. The van der Waals surface area contributed by atoms with Crippen molar-refractivity contribution >= 4 is 29.2 Å². The van der Waals surface area contributed by atoms with E-state index in [0.717, 1.165) is 18.5 Å². The zero-order chi connectivity index (χ0) is 20.7. The summed E-state index contributed by atoms with van der Waals surface area (Å²) in [7, 11) is 0. The Balaban J connectivity index is 2.05. The molecule has 1 aliphatic heterocycles. The molecule has 1 aromatic carbocycles. The highest BCUT2D eigenvalue weighted by molar-refractivity contribution is 6.38. The van der Waals surface area contributed by atoms with Crippen molar-refractivity contribution in [3.63, 3.8) is 0 Å².